The maximum Gasteiger partial charge on any atom is 0.254 e. The fourth-order valence-corrected chi connectivity index (χ4v) is 2.35. The van der Waals surface area contributed by atoms with E-state index < -0.39 is 24.0 Å². The van der Waals surface area contributed by atoms with Crippen LogP contribution in [0.25, 0.3) is 0 Å². The van der Waals surface area contributed by atoms with Crippen molar-refractivity contribution in [3.63, 3.8) is 0 Å². The smallest absolute Gasteiger partial charge is 0.254 e. The Morgan fingerprint density at radius 1 is 1.09 bits per heavy atom. The predicted octanol–water partition coefficient (Wildman–Crippen LogP) is -1.32. The van der Waals surface area contributed by atoms with Gasteiger partial charge in [0.1, 0.15) is 5.82 Å². The van der Waals surface area contributed by atoms with Gasteiger partial charge in [-0.05, 0) is 12.1 Å². The van der Waals surface area contributed by atoms with Crippen LogP contribution < -0.4 is 10.6 Å². The van der Waals surface area contributed by atoms with Gasteiger partial charge in [0.15, 0.2) is 12.2 Å². The molecule has 1 aromatic carbocycles. The standard InChI is InChI=1S/C14H18FN3O4/c15-9-3-1-2-4-10(9)17-5-7-18(8-6-17)14(22)12(20)11(19)13(16)21/h1-4,11-12,19-20H,5-8H2,(H2,16,21)/t11-,12-/m1/s1. The third-order valence-electron chi connectivity index (χ3n) is 3.63. The molecule has 1 fully saturated rings. The maximum atomic E-state index is 13.7. The van der Waals surface area contributed by atoms with E-state index in [1.165, 1.54) is 11.0 Å². The molecule has 1 aromatic rings. The number of halogens is 1. The molecule has 0 unspecified atom stereocenters. The Balaban J connectivity index is 1.96. The van der Waals surface area contributed by atoms with Crippen molar-refractivity contribution in [3.05, 3.63) is 30.1 Å². The molecule has 22 heavy (non-hydrogen) atoms. The van der Waals surface area contributed by atoms with Gasteiger partial charge in [-0.3, -0.25) is 9.59 Å². The summed E-state index contributed by atoms with van der Waals surface area (Å²) >= 11 is 0. The topological polar surface area (TPSA) is 107 Å². The van der Waals surface area contributed by atoms with Gasteiger partial charge in [-0.25, -0.2) is 4.39 Å². The van der Waals surface area contributed by atoms with E-state index in [1.54, 1.807) is 23.1 Å². The number of carbonyl (C=O) groups is 2. The number of nitrogens with zero attached hydrogens (tertiary/aromatic N) is 2. The van der Waals surface area contributed by atoms with Crippen molar-refractivity contribution >= 4 is 17.5 Å². The van der Waals surface area contributed by atoms with Crippen LogP contribution in [0.15, 0.2) is 24.3 Å². The van der Waals surface area contributed by atoms with Crippen LogP contribution in [0.1, 0.15) is 0 Å². The van der Waals surface area contributed by atoms with Crippen LogP contribution in [0.3, 0.4) is 0 Å². The molecule has 0 bridgehead atoms. The first kappa shape index (κ1) is 16.2. The van der Waals surface area contributed by atoms with Gasteiger partial charge < -0.3 is 25.7 Å². The summed E-state index contributed by atoms with van der Waals surface area (Å²) in [6.07, 6.45) is -3.81. The van der Waals surface area contributed by atoms with Gasteiger partial charge in [-0.15, -0.1) is 0 Å². The van der Waals surface area contributed by atoms with Crippen molar-refractivity contribution in [1.82, 2.24) is 4.90 Å². The van der Waals surface area contributed by atoms with Gasteiger partial charge in [0.2, 0.25) is 5.91 Å². The lowest BCUT2D eigenvalue weighted by molar-refractivity contribution is -0.152. The van der Waals surface area contributed by atoms with Gasteiger partial charge in [0, 0.05) is 26.2 Å². The number of aliphatic hydroxyl groups excluding tert-OH is 2. The molecule has 0 spiro atoms. The molecule has 2 rings (SSSR count). The number of hydrogen-bond donors (Lipinski definition) is 3. The lowest BCUT2D eigenvalue weighted by Crippen LogP contribution is -2.55. The number of para-hydroxylation sites is 1. The minimum atomic E-state index is -1.93. The summed E-state index contributed by atoms with van der Waals surface area (Å²) in [5, 5.41) is 19.0. The van der Waals surface area contributed by atoms with E-state index in [9.17, 15) is 24.2 Å². The SMILES string of the molecule is NC(=O)[C@H](O)[C@@H](O)C(=O)N1CCN(c2ccccc2F)CC1. The number of benzene rings is 1. The van der Waals surface area contributed by atoms with Crippen LogP contribution in [0.4, 0.5) is 10.1 Å². The Morgan fingerprint density at radius 2 is 1.68 bits per heavy atom. The van der Waals surface area contributed by atoms with E-state index in [1.807, 2.05) is 0 Å². The average Bonchev–Trinajstić information content (AvgIpc) is 2.53. The highest BCUT2D eigenvalue weighted by atomic mass is 19.1. The summed E-state index contributed by atoms with van der Waals surface area (Å²) in [5.41, 5.74) is 5.30. The highest BCUT2D eigenvalue weighted by Gasteiger charge is 2.33. The van der Waals surface area contributed by atoms with Crippen molar-refractivity contribution in [2.24, 2.45) is 5.73 Å². The third-order valence-corrected chi connectivity index (χ3v) is 3.63. The second kappa shape index (κ2) is 6.71. The number of piperazine rings is 1. The van der Waals surface area contributed by atoms with E-state index in [4.69, 9.17) is 5.73 Å². The maximum absolute atomic E-state index is 13.7. The zero-order valence-electron chi connectivity index (χ0n) is 11.9. The van der Waals surface area contributed by atoms with Crippen molar-refractivity contribution in [1.29, 1.82) is 0 Å². The molecule has 0 aliphatic carbocycles. The second-order valence-corrected chi connectivity index (χ2v) is 5.06. The molecule has 1 aliphatic heterocycles. The Hall–Kier alpha value is -2.19. The van der Waals surface area contributed by atoms with Crippen LogP contribution in [0, 0.1) is 5.82 Å². The number of aliphatic hydroxyl groups is 2. The van der Waals surface area contributed by atoms with Gasteiger partial charge in [-0.2, -0.15) is 0 Å². The van der Waals surface area contributed by atoms with Crippen molar-refractivity contribution in [3.8, 4) is 0 Å². The summed E-state index contributed by atoms with van der Waals surface area (Å²) in [4.78, 5) is 25.9. The molecule has 1 saturated heterocycles. The van der Waals surface area contributed by atoms with Crippen molar-refractivity contribution < 1.29 is 24.2 Å². The molecule has 4 N–H and O–H groups in total. The van der Waals surface area contributed by atoms with Crippen LogP contribution in [-0.4, -0.2) is 65.3 Å². The molecular formula is C14H18FN3O4. The molecule has 0 saturated carbocycles. The molecule has 8 heteroatoms. The Bertz CT molecular complexity index is 561. The number of rotatable bonds is 4. The minimum Gasteiger partial charge on any atom is -0.380 e. The Kier molecular flexibility index (Phi) is 4.94. The first-order chi connectivity index (χ1) is 10.4. The number of primary amides is 1. The number of nitrogens with two attached hydrogens (primary N) is 1. The summed E-state index contributed by atoms with van der Waals surface area (Å²) in [6.45, 7) is 1.25. The molecular weight excluding hydrogens is 293 g/mol. The van der Waals surface area contributed by atoms with Gasteiger partial charge in [-0.1, -0.05) is 12.1 Å². The fraction of sp³-hybridized carbons (Fsp3) is 0.429. The minimum absolute atomic E-state index is 0.246. The molecule has 7 nitrogen and oxygen atoms in total. The molecule has 0 aromatic heterocycles. The van der Waals surface area contributed by atoms with Crippen LogP contribution >= 0.6 is 0 Å². The van der Waals surface area contributed by atoms with E-state index in [0.29, 0.717) is 18.8 Å². The Labute approximate surface area is 126 Å². The van der Waals surface area contributed by atoms with Crippen LogP contribution in [-0.2, 0) is 9.59 Å². The fourth-order valence-electron chi connectivity index (χ4n) is 2.35. The summed E-state index contributed by atoms with van der Waals surface area (Å²) in [6, 6.07) is 6.33. The number of hydrogen-bond acceptors (Lipinski definition) is 5. The third kappa shape index (κ3) is 3.34. The molecule has 1 aliphatic rings. The molecule has 120 valence electrons. The van der Waals surface area contributed by atoms with Crippen LogP contribution in [0.5, 0.6) is 0 Å². The largest absolute Gasteiger partial charge is 0.380 e. The summed E-state index contributed by atoms with van der Waals surface area (Å²) in [7, 11) is 0. The highest BCUT2D eigenvalue weighted by Crippen LogP contribution is 2.20. The van der Waals surface area contributed by atoms with Gasteiger partial charge in [0.25, 0.3) is 5.91 Å². The Morgan fingerprint density at radius 3 is 2.23 bits per heavy atom. The highest BCUT2D eigenvalue weighted by molar-refractivity contribution is 5.90. The van der Waals surface area contributed by atoms with E-state index >= 15 is 0 Å². The van der Waals surface area contributed by atoms with Crippen molar-refractivity contribution in [2.75, 3.05) is 31.1 Å². The molecule has 2 atom stereocenters. The number of amides is 2. The molecule has 2 amide bonds. The number of anilines is 1. The summed E-state index contributed by atoms with van der Waals surface area (Å²) in [5.74, 6) is -2.27. The van der Waals surface area contributed by atoms with E-state index in [0.717, 1.165) is 0 Å². The normalized spacial score (nSPS) is 18.0. The van der Waals surface area contributed by atoms with Crippen molar-refractivity contribution in [2.45, 2.75) is 12.2 Å². The quantitative estimate of drug-likeness (QED) is 0.639. The predicted molar refractivity (Wildman–Crippen MR) is 76.4 cm³/mol. The molecule has 0 radical (unpaired) electrons. The first-order valence-corrected chi connectivity index (χ1v) is 6.85. The second-order valence-electron chi connectivity index (χ2n) is 5.06. The van der Waals surface area contributed by atoms with E-state index in [-0.39, 0.29) is 18.9 Å². The van der Waals surface area contributed by atoms with Gasteiger partial charge >= 0.3 is 0 Å². The van der Waals surface area contributed by atoms with Crippen LogP contribution in [0.2, 0.25) is 0 Å². The van der Waals surface area contributed by atoms with Gasteiger partial charge in [0.05, 0.1) is 5.69 Å². The van der Waals surface area contributed by atoms with E-state index in [2.05, 4.69) is 0 Å². The summed E-state index contributed by atoms with van der Waals surface area (Å²) < 4.78 is 13.7. The number of carbonyl (C=O) groups excluding carboxylic acids is 2. The molecule has 1 heterocycles. The lowest BCUT2D eigenvalue weighted by atomic mass is 10.1. The first-order valence-electron chi connectivity index (χ1n) is 6.85. The monoisotopic (exact) mass is 311 g/mol. The lowest BCUT2D eigenvalue weighted by Gasteiger charge is -2.37. The zero-order chi connectivity index (χ0) is 16.3. The zero-order valence-corrected chi connectivity index (χ0v) is 11.9. The average molecular weight is 311 g/mol.